The fraction of sp³-hybridized carbons (Fsp3) is 0.467. The molecule has 0 aliphatic heterocycles. The number of aromatic nitrogens is 1. The molecule has 5 heteroatoms. The van der Waals surface area contributed by atoms with Crippen LogP contribution in [-0.2, 0) is 0 Å². The molecule has 0 spiro atoms. The molecule has 2 aromatic heterocycles. The number of aryl methyl sites for hydroxylation is 1. The predicted octanol–water partition coefficient (Wildman–Crippen LogP) is 3.45. The van der Waals surface area contributed by atoms with Crippen molar-refractivity contribution in [2.75, 3.05) is 12.3 Å². The van der Waals surface area contributed by atoms with Crippen LogP contribution >= 0.6 is 11.3 Å². The number of fused-ring (bicyclic) bond motifs is 1. The maximum atomic E-state index is 12.7. The summed E-state index contributed by atoms with van der Waals surface area (Å²) >= 11 is 1.39. The highest BCUT2D eigenvalue weighted by Crippen LogP contribution is 2.33. The molecule has 0 aliphatic carbocycles. The molecule has 0 fully saturated rings. The number of hydrogen-bond acceptors (Lipinski definition) is 4. The summed E-state index contributed by atoms with van der Waals surface area (Å²) in [5.74, 6) is 0.0139. The van der Waals surface area contributed by atoms with Crippen LogP contribution in [0.2, 0.25) is 0 Å². The van der Waals surface area contributed by atoms with E-state index in [-0.39, 0.29) is 11.9 Å². The monoisotopic (exact) mass is 291 g/mol. The third-order valence-corrected chi connectivity index (χ3v) is 4.75. The lowest BCUT2D eigenvalue weighted by molar-refractivity contribution is 0.0706. The lowest BCUT2D eigenvalue weighted by Gasteiger charge is -2.26. The van der Waals surface area contributed by atoms with Gasteiger partial charge in [-0.25, -0.2) is 4.98 Å². The molecule has 2 heterocycles. The highest BCUT2D eigenvalue weighted by Gasteiger charge is 2.24. The SMILES string of the molecule is CCC(C)N(CC)C(=O)c1sc2nc(C)ccc2c1N. The van der Waals surface area contributed by atoms with Crippen molar-refractivity contribution >= 4 is 33.1 Å². The van der Waals surface area contributed by atoms with Gasteiger partial charge in [-0.1, -0.05) is 6.92 Å². The highest BCUT2D eigenvalue weighted by atomic mass is 32.1. The van der Waals surface area contributed by atoms with Crippen molar-refractivity contribution in [1.82, 2.24) is 9.88 Å². The summed E-state index contributed by atoms with van der Waals surface area (Å²) in [5, 5.41) is 0.879. The number of carbonyl (C=O) groups excluding carboxylic acids is 1. The Kier molecular flexibility index (Phi) is 4.28. The first-order valence-corrected chi connectivity index (χ1v) is 7.77. The fourth-order valence-electron chi connectivity index (χ4n) is 2.25. The van der Waals surface area contributed by atoms with Gasteiger partial charge in [0.25, 0.3) is 5.91 Å². The topological polar surface area (TPSA) is 59.2 Å². The van der Waals surface area contributed by atoms with E-state index in [2.05, 4.69) is 18.8 Å². The number of nitrogens with zero attached hydrogens (tertiary/aromatic N) is 2. The zero-order valence-corrected chi connectivity index (χ0v) is 13.3. The second kappa shape index (κ2) is 5.79. The van der Waals surface area contributed by atoms with Crippen LogP contribution < -0.4 is 5.73 Å². The molecule has 20 heavy (non-hydrogen) atoms. The van der Waals surface area contributed by atoms with Crippen LogP contribution in [0, 0.1) is 6.92 Å². The number of carbonyl (C=O) groups is 1. The normalized spacial score (nSPS) is 12.6. The summed E-state index contributed by atoms with van der Waals surface area (Å²) in [6.07, 6.45) is 0.932. The highest BCUT2D eigenvalue weighted by molar-refractivity contribution is 7.21. The molecule has 1 amide bonds. The second-order valence-corrected chi connectivity index (χ2v) is 6.00. The summed E-state index contributed by atoms with van der Waals surface area (Å²) < 4.78 is 0. The van der Waals surface area contributed by atoms with Gasteiger partial charge < -0.3 is 10.6 Å². The summed E-state index contributed by atoms with van der Waals surface area (Å²) in [7, 11) is 0. The van der Waals surface area contributed by atoms with Gasteiger partial charge in [-0.15, -0.1) is 11.3 Å². The van der Waals surface area contributed by atoms with Crippen LogP contribution in [0.5, 0.6) is 0 Å². The van der Waals surface area contributed by atoms with Crippen molar-refractivity contribution in [3.8, 4) is 0 Å². The van der Waals surface area contributed by atoms with Gasteiger partial charge in [-0.2, -0.15) is 0 Å². The second-order valence-electron chi connectivity index (χ2n) is 5.00. The molecule has 2 N–H and O–H groups in total. The Balaban J connectivity index is 2.46. The number of nitrogens with two attached hydrogens (primary N) is 1. The quantitative estimate of drug-likeness (QED) is 0.938. The molecule has 0 radical (unpaired) electrons. The van der Waals surface area contributed by atoms with E-state index in [4.69, 9.17) is 5.73 Å². The molecule has 2 aromatic rings. The van der Waals surface area contributed by atoms with Crippen LogP contribution in [0.25, 0.3) is 10.2 Å². The van der Waals surface area contributed by atoms with Crippen molar-refractivity contribution in [2.24, 2.45) is 0 Å². The molecule has 0 aliphatic rings. The van der Waals surface area contributed by atoms with E-state index in [1.165, 1.54) is 11.3 Å². The van der Waals surface area contributed by atoms with E-state index in [0.29, 0.717) is 17.1 Å². The largest absolute Gasteiger partial charge is 0.397 e. The third kappa shape index (κ3) is 2.50. The van der Waals surface area contributed by atoms with E-state index in [1.54, 1.807) is 0 Å². The van der Waals surface area contributed by atoms with E-state index in [0.717, 1.165) is 22.3 Å². The van der Waals surface area contributed by atoms with Crippen molar-refractivity contribution in [3.63, 3.8) is 0 Å². The first kappa shape index (κ1) is 14.8. The number of nitrogen functional groups attached to an aromatic ring is 1. The van der Waals surface area contributed by atoms with E-state index < -0.39 is 0 Å². The van der Waals surface area contributed by atoms with Crippen molar-refractivity contribution < 1.29 is 4.79 Å². The lowest BCUT2D eigenvalue weighted by atomic mass is 10.2. The number of anilines is 1. The Morgan fingerprint density at radius 1 is 1.45 bits per heavy atom. The lowest BCUT2D eigenvalue weighted by Crippen LogP contribution is -2.37. The first-order chi connectivity index (χ1) is 9.49. The summed E-state index contributed by atoms with van der Waals surface area (Å²) in [6, 6.07) is 4.08. The van der Waals surface area contributed by atoms with E-state index in [9.17, 15) is 4.79 Å². The zero-order chi connectivity index (χ0) is 14.9. The number of rotatable bonds is 4. The third-order valence-electron chi connectivity index (χ3n) is 3.65. The van der Waals surface area contributed by atoms with Gasteiger partial charge in [0.1, 0.15) is 9.71 Å². The molecule has 1 unspecified atom stereocenters. The number of hydrogen-bond donors (Lipinski definition) is 1. The van der Waals surface area contributed by atoms with Crippen molar-refractivity contribution in [1.29, 1.82) is 0 Å². The fourth-order valence-corrected chi connectivity index (χ4v) is 3.35. The number of thiophene rings is 1. The Morgan fingerprint density at radius 2 is 2.15 bits per heavy atom. The maximum Gasteiger partial charge on any atom is 0.266 e. The molecule has 0 bridgehead atoms. The maximum absolute atomic E-state index is 12.7. The smallest absolute Gasteiger partial charge is 0.266 e. The molecule has 0 aromatic carbocycles. The van der Waals surface area contributed by atoms with Gasteiger partial charge >= 0.3 is 0 Å². The van der Waals surface area contributed by atoms with E-state index >= 15 is 0 Å². The Hall–Kier alpha value is -1.62. The summed E-state index contributed by atoms with van der Waals surface area (Å²) in [4.78, 5) is 20.5. The molecule has 2 rings (SSSR count). The van der Waals surface area contributed by atoms with E-state index in [1.807, 2.05) is 30.9 Å². The number of amides is 1. The first-order valence-electron chi connectivity index (χ1n) is 6.96. The average molecular weight is 291 g/mol. The standard InChI is InChI=1S/C15H21N3OS/c1-5-10(4)18(6-2)15(19)13-12(16)11-8-7-9(3)17-14(11)20-13/h7-8,10H,5-6,16H2,1-4H3. The minimum absolute atomic E-state index is 0.0139. The Bertz CT molecular complexity index is 635. The Morgan fingerprint density at radius 3 is 2.75 bits per heavy atom. The van der Waals surface area contributed by atoms with Crippen LogP contribution in [0.4, 0.5) is 5.69 Å². The molecule has 108 valence electrons. The molecular weight excluding hydrogens is 270 g/mol. The summed E-state index contributed by atoms with van der Waals surface area (Å²) in [6.45, 7) is 8.77. The Labute approximate surface area is 123 Å². The zero-order valence-electron chi connectivity index (χ0n) is 12.4. The molecule has 0 saturated heterocycles. The van der Waals surface area contributed by atoms with Gasteiger partial charge in [0.2, 0.25) is 0 Å². The van der Waals surface area contributed by atoms with Gasteiger partial charge in [0.05, 0.1) is 5.69 Å². The van der Waals surface area contributed by atoms with Crippen LogP contribution in [0.15, 0.2) is 12.1 Å². The van der Waals surface area contributed by atoms with Gasteiger partial charge in [-0.05, 0) is 39.3 Å². The van der Waals surface area contributed by atoms with Crippen LogP contribution in [0.1, 0.15) is 42.6 Å². The van der Waals surface area contributed by atoms with Crippen molar-refractivity contribution in [2.45, 2.75) is 40.2 Å². The van der Waals surface area contributed by atoms with Crippen molar-refractivity contribution in [3.05, 3.63) is 22.7 Å². The predicted molar refractivity (Wildman–Crippen MR) is 85.2 cm³/mol. The van der Waals surface area contributed by atoms with Crippen LogP contribution in [0.3, 0.4) is 0 Å². The van der Waals surface area contributed by atoms with Gasteiger partial charge in [0, 0.05) is 23.7 Å². The average Bonchev–Trinajstić information content (AvgIpc) is 2.75. The molecular formula is C15H21N3OS. The molecule has 1 atom stereocenters. The minimum Gasteiger partial charge on any atom is -0.397 e. The number of pyridine rings is 1. The molecule has 4 nitrogen and oxygen atoms in total. The van der Waals surface area contributed by atoms with Crippen LogP contribution in [-0.4, -0.2) is 28.4 Å². The minimum atomic E-state index is 0.0139. The summed E-state index contributed by atoms with van der Waals surface area (Å²) in [5.41, 5.74) is 7.64. The van der Waals surface area contributed by atoms with Gasteiger partial charge in [-0.3, -0.25) is 4.79 Å². The molecule has 0 saturated carbocycles. The van der Waals surface area contributed by atoms with Gasteiger partial charge in [0.15, 0.2) is 0 Å².